The van der Waals surface area contributed by atoms with Gasteiger partial charge in [0.25, 0.3) is 0 Å². The Morgan fingerprint density at radius 1 is 0.615 bits per heavy atom. The Bertz CT molecular complexity index is 287. The lowest BCUT2D eigenvalue weighted by atomic mass is 9.89. The highest BCUT2D eigenvalue weighted by Crippen LogP contribution is 2.19. The van der Waals surface area contributed by atoms with Crippen LogP contribution in [-0.2, 0) is 0 Å². The lowest BCUT2D eigenvalue weighted by Gasteiger charge is -2.21. The molecule has 26 heavy (non-hydrogen) atoms. The zero-order chi connectivity index (χ0) is 19.3. The van der Waals surface area contributed by atoms with Crippen molar-refractivity contribution in [1.29, 1.82) is 0 Å². The third kappa shape index (κ3) is 16.9. The van der Waals surface area contributed by atoms with Crippen LogP contribution in [0.2, 0.25) is 0 Å². The van der Waals surface area contributed by atoms with Crippen LogP contribution in [-0.4, -0.2) is 6.04 Å². The Kier molecular flexibility index (Phi) is 20.3. The fourth-order valence-electron chi connectivity index (χ4n) is 3.86. The topological polar surface area (TPSA) is 26.0 Å². The second-order valence-corrected chi connectivity index (χ2v) is 8.21. The van der Waals surface area contributed by atoms with Gasteiger partial charge in [0.05, 0.1) is 0 Å². The van der Waals surface area contributed by atoms with E-state index in [9.17, 15) is 0 Å². The zero-order valence-corrected chi connectivity index (χ0v) is 18.0. The average Bonchev–Trinajstić information content (AvgIpc) is 2.64. The van der Waals surface area contributed by atoms with Crippen LogP contribution in [0.15, 0.2) is 25.3 Å². The smallest absolute Gasteiger partial charge is 0.00730 e. The Labute approximate surface area is 165 Å². The summed E-state index contributed by atoms with van der Waals surface area (Å²) in [7, 11) is 0. The molecule has 0 bridgehead atoms. The molecule has 1 heteroatoms. The second kappa shape index (κ2) is 20.7. The van der Waals surface area contributed by atoms with Gasteiger partial charge in [0.1, 0.15) is 0 Å². The van der Waals surface area contributed by atoms with Gasteiger partial charge in [-0.15, -0.1) is 13.2 Å². The van der Waals surface area contributed by atoms with Gasteiger partial charge >= 0.3 is 0 Å². The molecule has 1 nitrogen and oxygen atoms in total. The molecule has 0 aliphatic heterocycles. The van der Waals surface area contributed by atoms with Crippen molar-refractivity contribution in [2.45, 2.75) is 129 Å². The van der Waals surface area contributed by atoms with Gasteiger partial charge in [-0.2, -0.15) is 0 Å². The summed E-state index contributed by atoms with van der Waals surface area (Å²) < 4.78 is 0. The number of allylic oxidation sites excluding steroid dienone is 2. The monoisotopic (exact) mass is 363 g/mol. The predicted octanol–water partition coefficient (Wildman–Crippen LogP) is 8.34. The summed E-state index contributed by atoms with van der Waals surface area (Å²) in [6.45, 7) is 9.99. The average molecular weight is 364 g/mol. The summed E-state index contributed by atoms with van der Waals surface area (Å²) in [5.74, 6) is 0.539. The summed E-state index contributed by atoms with van der Waals surface area (Å²) in [5, 5.41) is 0. The Morgan fingerprint density at radius 2 is 0.962 bits per heavy atom. The van der Waals surface area contributed by atoms with Crippen molar-refractivity contribution in [2.75, 3.05) is 0 Å². The zero-order valence-electron chi connectivity index (χ0n) is 18.0. The summed E-state index contributed by atoms with van der Waals surface area (Å²) in [6.07, 6.45) is 28.5. The largest absolute Gasteiger partial charge is 0.327 e. The van der Waals surface area contributed by atoms with Crippen molar-refractivity contribution >= 4 is 0 Å². The maximum atomic E-state index is 6.35. The van der Waals surface area contributed by atoms with E-state index in [1.807, 2.05) is 12.2 Å². The SMILES string of the molecule is C=CCC(CC=C)C(N)CCCCCCCCCCCCCCCCC. The molecule has 1 unspecified atom stereocenters. The maximum Gasteiger partial charge on any atom is 0.00730 e. The van der Waals surface area contributed by atoms with Crippen molar-refractivity contribution in [3.63, 3.8) is 0 Å². The molecule has 1 atom stereocenters. The number of nitrogens with two attached hydrogens (primary N) is 1. The first-order valence-corrected chi connectivity index (χ1v) is 11.7. The third-order valence-corrected chi connectivity index (χ3v) is 5.69. The van der Waals surface area contributed by atoms with Gasteiger partial charge in [-0.1, -0.05) is 115 Å². The molecular formula is C25H49N. The molecule has 0 aromatic heterocycles. The lowest BCUT2D eigenvalue weighted by Crippen LogP contribution is -2.29. The van der Waals surface area contributed by atoms with Gasteiger partial charge in [0.15, 0.2) is 0 Å². The standard InChI is InChI=1S/C25H49N/c1-4-7-8-9-10-11-12-13-14-15-16-17-18-19-20-23-25(26)24(21-5-2)22-6-3/h5-6,24-25H,2-4,7-23,26H2,1H3. The number of hydrogen-bond acceptors (Lipinski definition) is 1. The van der Waals surface area contributed by atoms with Crippen molar-refractivity contribution in [1.82, 2.24) is 0 Å². The molecule has 0 saturated heterocycles. The van der Waals surface area contributed by atoms with Gasteiger partial charge in [-0.05, 0) is 25.2 Å². The van der Waals surface area contributed by atoms with Gasteiger partial charge in [0, 0.05) is 6.04 Å². The van der Waals surface area contributed by atoms with Crippen LogP contribution in [0.1, 0.15) is 122 Å². The first-order chi connectivity index (χ1) is 12.8. The number of rotatable bonds is 21. The highest BCUT2D eigenvalue weighted by molar-refractivity contribution is 4.85. The molecule has 0 aliphatic rings. The normalized spacial score (nSPS) is 12.4. The van der Waals surface area contributed by atoms with E-state index in [4.69, 9.17) is 5.73 Å². The first-order valence-electron chi connectivity index (χ1n) is 11.7. The Hall–Kier alpha value is -0.560. The van der Waals surface area contributed by atoms with Gasteiger partial charge < -0.3 is 5.73 Å². The second-order valence-electron chi connectivity index (χ2n) is 8.21. The van der Waals surface area contributed by atoms with E-state index < -0.39 is 0 Å². The first kappa shape index (κ1) is 25.4. The van der Waals surface area contributed by atoms with Crippen molar-refractivity contribution < 1.29 is 0 Å². The lowest BCUT2D eigenvalue weighted by molar-refractivity contribution is 0.391. The van der Waals surface area contributed by atoms with Gasteiger partial charge in [-0.3, -0.25) is 0 Å². The van der Waals surface area contributed by atoms with E-state index in [-0.39, 0.29) is 0 Å². The van der Waals surface area contributed by atoms with Crippen LogP contribution in [0.3, 0.4) is 0 Å². The molecule has 0 saturated carbocycles. The molecule has 0 heterocycles. The molecule has 0 rings (SSSR count). The van der Waals surface area contributed by atoms with Crippen LogP contribution in [0.25, 0.3) is 0 Å². The minimum atomic E-state index is 0.313. The Balaban J connectivity index is 3.30. The van der Waals surface area contributed by atoms with Gasteiger partial charge in [0.2, 0.25) is 0 Å². The molecule has 0 aromatic rings. The summed E-state index contributed by atoms with van der Waals surface area (Å²) >= 11 is 0. The molecule has 154 valence electrons. The highest BCUT2D eigenvalue weighted by Gasteiger charge is 2.14. The molecular weight excluding hydrogens is 314 g/mol. The minimum Gasteiger partial charge on any atom is -0.327 e. The summed E-state index contributed by atoms with van der Waals surface area (Å²) in [6, 6.07) is 0.313. The molecule has 0 spiro atoms. The molecule has 0 fully saturated rings. The number of hydrogen-bond donors (Lipinski definition) is 1. The van der Waals surface area contributed by atoms with E-state index in [1.165, 1.54) is 96.3 Å². The minimum absolute atomic E-state index is 0.313. The van der Waals surface area contributed by atoms with E-state index in [0.29, 0.717) is 12.0 Å². The van der Waals surface area contributed by atoms with Crippen LogP contribution in [0.4, 0.5) is 0 Å². The summed E-state index contributed by atoms with van der Waals surface area (Å²) in [5.41, 5.74) is 6.35. The molecule has 0 aromatic carbocycles. The predicted molar refractivity (Wildman–Crippen MR) is 121 cm³/mol. The fourth-order valence-corrected chi connectivity index (χ4v) is 3.86. The van der Waals surface area contributed by atoms with Gasteiger partial charge in [-0.25, -0.2) is 0 Å². The van der Waals surface area contributed by atoms with Crippen LogP contribution in [0, 0.1) is 5.92 Å². The molecule has 0 radical (unpaired) electrons. The molecule has 0 aliphatic carbocycles. The van der Waals surface area contributed by atoms with E-state index in [0.717, 1.165) is 19.3 Å². The van der Waals surface area contributed by atoms with E-state index in [1.54, 1.807) is 0 Å². The highest BCUT2D eigenvalue weighted by atomic mass is 14.6. The third-order valence-electron chi connectivity index (χ3n) is 5.69. The van der Waals surface area contributed by atoms with Crippen molar-refractivity contribution in [3.05, 3.63) is 25.3 Å². The van der Waals surface area contributed by atoms with Crippen LogP contribution < -0.4 is 5.73 Å². The summed E-state index contributed by atoms with van der Waals surface area (Å²) in [4.78, 5) is 0. The van der Waals surface area contributed by atoms with Crippen LogP contribution in [0.5, 0.6) is 0 Å². The van der Waals surface area contributed by atoms with E-state index in [2.05, 4.69) is 20.1 Å². The molecule has 2 N–H and O–H groups in total. The quantitative estimate of drug-likeness (QED) is 0.161. The van der Waals surface area contributed by atoms with E-state index >= 15 is 0 Å². The maximum absolute atomic E-state index is 6.35. The van der Waals surface area contributed by atoms with Crippen molar-refractivity contribution in [3.8, 4) is 0 Å². The fraction of sp³-hybridized carbons (Fsp3) is 0.840. The van der Waals surface area contributed by atoms with Crippen molar-refractivity contribution in [2.24, 2.45) is 11.7 Å². The Morgan fingerprint density at radius 3 is 1.31 bits per heavy atom. The molecule has 0 amide bonds. The van der Waals surface area contributed by atoms with Crippen LogP contribution >= 0.6 is 0 Å². The number of unbranched alkanes of at least 4 members (excludes halogenated alkanes) is 14.